The van der Waals surface area contributed by atoms with Gasteiger partial charge >= 0.3 is 5.97 Å². The van der Waals surface area contributed by atoms with Crippen LogP contribution in [0.4, 0.5) is 0 Å². The fourth-order valence-electron chi connectivity index (χ4n) is 3.43. The first-order chi connectivity index (χ1) is 12.2. The molecule has 3 aromatic rings. The lowest BCUT2D eigenvalue weighted by atomic mass is 10.1. The number of para-hydroxylation sites is 1. The molecule has 0 aliphatic carbocycles. The molecule has 0 N–H and O–H groups in total. The third kappa shape index (κ3) is 3.30. The third-order valence-corrected chi connectivity index (χ3v) is 5.86. The van der Waals surface area contributed by atoms with Crippen molar-refractivity contribution in [3.05, 3.63) is 64.7 Å². The Morgan fingerprint density at radius 3 is 2.80 bits per heavy atom. The van der Waals surface area contributed by atoms with Gasteiger partial charge in [-0.3, -0.25) is 4.90 Å². The van der Waals surface area contributed by atoms with Crippen molar-refractivity contribution in [1.29, 1.82) is 0 Å². The topological polar surface area (TPSA) is 42.4 Å². The summed E-state index contributed by atoms with van der Waals surface area (Å²) in [6.07, 6.45) is 2.35. The molecule has 0 bridgehead atoms. The maximum Gasteiger partial charge on any atom is 0.337 e. The Balaban J connectivity index is 1.52. The minimum atomic E-state index is -0.292. The van der Waals surface area contributed by atoms with E-state index in [1.54, 1.807) is 11.3 Å². The predicted octanol–water partition coefficient (Wildman–Crippen LogP) is 4.42. The van der Waals surface area contributed by atoms with Crippen molar-refractivity contribution in [2.45, 2.75) is 25.4 Å². The largest absolute Gasteiger partial charge is 0.465 e. The molecule has 25 heavy (non-hydrogen) atoms. The Hall–Kier alpha value is -2.24. The van der Waals surface area contributed by atoms with Crippen LogP contribution >= 0.6 is 11.3 Å². The zero-order valence-corrected chi connectivity index (χ0v) is 15.0. The lowest BCUT2D eigenvalue weighted by Gasteiger charge is -2.22. The van der Waals surface area contributed by atoms with E-state index in [0.29, 0.717) is 11.6 Å². The maximum absolute atomic E-state index is 11.6. The fourth-order valence-corrected chi connectivity index (χ4v) is 4.56. The van der Waals surface area contributed by atoms with Crippen molar-refractivity contribution in [2.24, 2.45) is 0 Å². The highest BCUT2D eigenvalue weighted by Crippen LogP contribution is 2.37. The van der Waals surface area contributed by atoms with Crippen molar-refractivity contribution < 1.29 is 9.53 Å². The average Bonchev–Trinajstić information content (AvgIpc) is 3.27. The normalized spacial score (nSPS) is 17.9. The van der Waals surface area contributed by atoms with E-state index in [9.17, 15) is 4.79 Å². The summed E-state index contributed by atoms with van der Waals surface area (Å²) >= 11 is 1.80. The van der Waals surface area contributed by atoms with E-state index >= 15 is 0 Å². The summed E-state index contributed by atoms with van der Waals surface area (Å²) in [5.41, 5.74) is 2.90. The first-order valence-corrected chi connectivity index (χ1v) is 9.33. The summed E-state index contributed by atoms with van der Waals surface area (Å²) in [5, 5.41) is 1.21. The molecule has 5 heteroatoms. The molecule has 0 unspecified atom stereocenters. The molecule has 2 aromatic carbocycles. The monoisotopic (exact) mass is 352 g/mol. The number of carbonyl (C=O) groups is 1. The molecule has 4 nitrogen and oxygen atoms in total. The summed E-state index contributed by atoms with van der Waals surface area (Å²) in [6, 6.07) is 16.4. The number of thiazole rings is 1. The van der Waals surface area contributed by atoms with Gasteiger partial charge in [0.2, 0.25) is 0 Å². The zero-order valence-electron chi connectivity index (χ0n) is 14.1. The molecule has 1 aliphatic heterocycles. The number of methoxy groups -OCH3 is 1. The van der Waals surface area contributed by atoms with E-state index in [-0.39, 0.29) is 5.97 Å². The van der Waals surface area contributed by atoms with Gasteiger partial charge in [-0.15, -0.1) is 11.3 Å². The first kappa shape index (κ1) is 16.2. The van der Waals surface area contributed by atoms with E-state index in [1.807, 2.05) is 30.3 Å². The van der Waals surface area contributed by atoms with Crippen molar-refractivity contribution in [1.82, 2.24) is 9.88 Å². The van der Waals surface area contributed by atoms with Crippen LogP contribution in [0.3, 0.4) is 0 Å². The number of hydrogen-bond donors (Lipinski definition) is 0. The molecule has 2 heterocycles. The van der Waals surface area contributed by atoms with Crippen LogP contribution < -0.4 is 0 Å². The van der Waals surface area contributed by atoms with Crippen molar-refractivity contribution in [3.63, 3.8) is 0 Å². The highest BCUT2D eigenvalue weighted by molar-refractivity contribution is 7.18. The number of hydrogen-bond acceptors (Lipinski definition) is 5. The maximum atomic E-state index is 11.6. The van der Waals surface area contributed by atoms with Gasteiger partial charge in [-0.1, -0.05) is 24.3 Å². The van der Waals surface area contributed by atoms with Gasteiger partial charge < -0.3 is 4.74 Å². The van der Waals surface area contributed by atoms with Gasteiger partial charge in [0.1, 0.15) is 5.01 Å². The Kier molecular flexibility index (Phi) is 4.51. The van der Waals surface area contributed by atoms with Crippen molar-refractivity contribution in [2.75, 3.05) is 13.7 Å². The minimum absolute atomic E-state index is 0.292. The number of rotatable bonds is 4. The van der Waals surface area contributed by atoms with Crippen LogP contribution in [0.25, 0.3) is 10.2 Å². The lowest BCUT2D eigenvalue weighted by Crippen LogP contribution is -2.22. The summed E-state index contributed by atoms with van der Waals surface area (Å²) in [5.74, 6) is -0.292. The van der Waals surface area contributed by atoms with Crippen LogP contribution in [-0.4, -0.2) is 29.5 Å². The quantitative estimate of drug-likeness (QED) is 0.652. The van der Waals surface area contributed by atoms with Gasteiger partial charge in [0.25, 0.3) is 0 Å². The van der Waals surface area contributed by atoms with Crippen LogP contribution in [-0.2, 0) is 11.3 Å². The summed E-state index contributed by atoms with van der Waals surface area (Å²) < 4.78 is 6.01. The van der Waals surface area contributed by atoms with E-state index in [4.69, 9.17) is 9.72 Å². The molecule has 1 atom stereocenters. The van der Waals surface area contributed by atoms with Gasteiger partial charge in [-0.25, -0.2) is 9.78 Å². The number of carbonyl (C=O) groups excluding carboxylic acids is 1. The van der Waals surface area contributed by atoms with Gasteiger partial charge in [0, 0.05) is 6.54 Å². The number of esters is 1. The smallest absolute Gasteiger partial charge is 0.337 e. The lowest BCUT2D eigenvalue weighted by molar-refractivity contribution is 0.0600. The van der Waals surface area contributed by atoms with E-state index in [1.165, 1.54) is 28.8 Å². The number of aromatic nitrogens is 1. The molecular formula is C20H20N2O2S. The summed E-state index contributed by atoms with van der Waals surface area (Å²) in [6.45, 7) is 1.96. The standard InChI is InChI=1S/C20H20N2O2S/c1-24-20(23)15-10-8-14(9-11-15)13-22-12-4-6-17(22)19-21-16-5-2-3-7-18(16)25-19/h2-3,5,7-11,17H,4,6,12-13H2,1H3/t17-/m0/s1. The van der Waals surface area contributed by atoms with Crippen molar-refractivity contribution >= 4 is 27.5 Å². The molecule has 1 fully saturated rings. The Morgan fingerprint density at radius 2 is 2.04 bits per heavy atom. The van der Waals surface area contributed by atoms with Crippen LogP contribution in [0.15, 0.2) is 48.5 Å². The first-order valence-electron chi connectivity index (χ1n) is 8.51. The minimum Gasteiger partial charge on any atom is -0.465 e. The fraction of sp³-hybridized carbons (Fsp3) is 0.300. The van der Waals surface area contributed by atoms with Gasteiger partial charge in [0.05, 0.1) is 28.9 Å². The molecule has 1 aliphatic rings. The highest BCUT2D eigenvalue weighted by atomic mass is 32.1. The number of likely N-dealkylation sites (tertiary alicyclic amines) is 1. The van der Waals surface area contributed by atoms with E-state index < -0.39 is 0 Å². The van der Waals surface area contributed by atoms with Crippen LogP contribution in [0.1, 0.15) is 39.8 Å². The van der Waals surface area contributed by atoms with Crippen LogP contribution in [0.2, 0.25) is 0 Å². The number of benzene rings is 2. The SMILES string of the molecule is COC(=O)c1ccc(CN2CCC[C@H]2c2nc3ccccc3s2)cc1. The Labute approximate surface area is 151 Å². The average molecular weight is 352 g/mol. The molecule has 1 aromatic heterocycles. The van der Waals surface area contributed by atoms with Crippen LogP contribution in [0.5, 0.6) is 0 Å². The zero-order chi connectivity index (χ0) is 17.2. The molecular weight excluding hydrogens is 332 g/mol. The highest BCUT2D eigenvalue weighted by Gasteiger charge is 2.28. The van der Waals surface area contributed by atoms with Crippen LogP contribution in [0, 0.1) is 0 Å². The summed E-state index contributed by atoms with van der Waals surface area (Å²) in [7, 11) is 1.41. The van der Waals surface area contributed by atoms with Gasteiger partial charge in [0.15, 0.2) is 0 Å². The molecule has 0 radical (unpaired) electrons. The van der Waals surface area contributed by atoms with E-state index in [2.05, 4.69) is 23.1 Å². The second kappa shape index (κ2) is 6.94. The number of ether oxygens (including phenoxy) is 1. The molecule has 128 valence electrons. The molecule has 1 saturated heterocycles. The third-order valence-electron chi connectivity index (χ3n) is 4.72. The Bertz CT molecular complexity index is 855. The molecule has 0 amide bonds. The summed E-state index contributed by atoms with van der Waals surface area (Å²) in [4.78, 5) is 18.9. The second-order valence-corrected chi connectivity index (χ2v) is 7.40. The van der Waals surface area contributed by atoms with Gasteiger partial charge in [-0.2, -0.15) is 0 Å². The van der Waals surface area contributed by atoms with E-state index in [0.717, 1.165) is 25.0 Å². The number of nitrogens with zero attached hydrogens (tertiary/aromatic N) is 2. The molecule has 0 saturated carbocycles. The second-order valence-electron chi connectivity index (χ2n) is 6.34. The number of fused-ring (bicyclic) bond motifs is 1. The predicted molar refractivity (Wildman–Crippen MR) is 99.8 cm³/mol. The molecule has 0 spiro atoms. The molecule has 4 rings (SSSR count). The van der Waals surface area contributed by atoms with Gasteiger partial charge in [-0.05, 0) is 49.2 Å². The van der Waals surface area contributed by atoms with Crippen molar-refractivity contribution in [3.8, 4) is 0 Å². The Morgan fingerprint density at radius 1 is 1.24 bits per heavy atom.